The molecule has 0 aliphatic carbocycles. The van der Waals surface area contributed by atoms with E-state index in [1.807, 2.05) is 10.7 Å². The van der Waals surface area contributed by atoms with Crippen LogP contribution in [0.1, 0.15) is 36.5 Å². The van der Waals surface area contributed by atoms with Crippen molar-refractivity contribution in [3.05, 3.63) is 46.2 Å². The van der Waals surface area contributed by atoms with Gasteiger partial charge in [0.2, 0.25) is 0 Å². The minimum Gasteiger partial charge on any atom is -0.399 e. The number of tetrazole rings is 1. The van der Waals surface area contributed by atoms with Gasteiger partial charge in [0.05, 0.1) is 22.8 Å². The van der Waals surface area contributed by atoms with Crippen molar-refractivity contribution in [1.29, 1.82) is 0 Å². The number of hydrogen-bond acceptors (Lipinski definition) is 9. The Morgan fingerprint density at radius 2 is 2.12 bits per heavy atom. The van der Waals surface area contributed by atoms with Crippen LogP contribution in [0.25, 0.3) is 10.2 Å². The summed E-state index contributed by atoms with van der Waals surface area (Å²) in [6.45, 7) is 6.39. The van der Waals surface area contributed by atoms with E-state index in [-0.39, 0.29) is 11.9 Å². The zero-order valence-electron chi connectivity index (χ0n) is 17.8. The molecule has 4 aromatic rings. The van der Waals surface area contributed by atoms with Crippen molar-refractivity contribution < 1.29 is 4.39 Å². The van der Waals surface area contributed by atoms with E-state index in [0.29, 0.717) is 22.4 Å². The summed E-state index contributed by atoms with van der Waals surface area (Å²) >= 11 is 3.11. The Balaban J connectivity index is 1.33. The van der Waals surface area contributed by atoms with E-state index in [1.165, 1.54) is 22.3 Å². The fraction of sp³-hybridized carbons (Fsp3) is 0.429. The molecule has 11 heteroatoms. The summed E-state index contributed by atoms with van der Waals surface area (Å²) in [5.74, 6) is 0.607. The predicted molar refractivity (Wildman–Crippen MR) is 127 cm³/mol. The van der Waals surface area contributed by atoms with Crippen molar-refractivity contribution in [2.75, 3.05) is 36.8 Å². The highest BCUT2D eigenvalue weighted by Gasteiger charge is 2.27. The zero-order valence-corrected chi connectivity index (χ0v) is 19.4. The molecule has 2 N–H and O–H groups in total. The van der Waals surface area contributed by atoms with Gasteiger partial charge in [-0.2, -0.15) is 0 Å². The van der Waals surface area contributed by atoms with E-state index in [4.69, 9.17) is 5.73 Å². The topological polar surface area (TPSA) is 89.0 Å². The molecule has 8 nitrogen and oxygen atoms in total. The molecule has 5 rings (SSSR count). The number of thiazole rings is 1. The molecule has 4 heterocycles. The quantitative estimate of drug-likeness (QED) is 0.427. The number of benzene rings is 1. The van der Waals surface area contributed by atoms with Gasteiger partial charge in [-0.25, -0.2) is 14.1 Å². The Kier molecular flexibility index (Phi) is 6.03. The minimum absolute atomic E-state index is 0.150. The monoisotopic (exact) mass is 472 g/mol. The highest BCUT2D eigenvalue weighted by Crippen LogP contribution is 2.33. The average molecular weight is 473 g/mol. The fourth-order valence-corrected chi connectivity index (χ4v) is 5.98. The van der Waals surface area contributed by atoms with E-state index in [9.17, 15) is 4.39 Å². The standard InChI is InChI=1S/C21H25FN8S2/c1-2-18(20-25-26-27-30(20)13-15-5-3-10-31-15)28-6-4-7-29(9-8-28)21-24-17-12-14(23)11-16(22)19(17)32-21/h3,5,10-12,18H,2,4,6-9,13,23H2,1H3. The van der Waals surface area contributed by atoms with Gasteiger partial charge in [-0.15, -0.1) is 16.4 Å². The van der Waals surface area contributed by atoms with Gasteiger partial charge < -0.3 is 10.6 Å². The van der Waals surface area contributed by atoms with Gasteiger partial charge in [0.1, 0.15) is 5.82 Å². The summed E-state index contributed by atoms with van der Waals surface area (Å²) in [6, 6.07) is 7.41. The molecule has 1 atom stereocenters. The Morgan fingerprint density at radius 1 is 1.22 bits per heavy atom. The van der Waals surface area contributed by atoms with E-state index < -0.39 is 0 Å². The van der Waals surface area contributed by atoms with Crippen molar-refractivity contribution >= 4 is 43.7 Å². The first kappa shape index (κ1) is 21.2. The first-order chi connectivity index (χ1) is 15.6. The maximum atomic E-state index is 14.3. The van der Waals surface area contributed by atoms with Crippen molar-refractivity contribution in [2.24, 2.45) is 0 Å². The Hall–Kier alpha value is -2.63. The summed E-state index contributed by atoms with van der Waals surface area (Å²) < 4.78 is 16.8. The van der Waals surface area contributed by atoms with Crippen LogP contribution in [-0.4, -0.2) is 56.3 Å². The summed E-state index contributed by atoms with van der Waals surface area (Å²) in [5.41, 5.74) is 6.82. The smallest absolute Gasteiger partial charge is 0.186 e. The predicted octanol–water partition coefficient (Wildman–Crippen LogP) is 3.78. The van der Waals surface area contributed by atoms with Gasteiger partial charge in [0.15, 0.2) is 11.0 Å². The van der Waals surface area contributed by atoms with Crippen LogP contribution in [0.2, 0.25) is 0 Å². The summed E-state index contributed by atoms with van der Waals surface area (Å²) in [5, 5.41) is 15.5. The van der Waals surface area contributed by atoms with Gasteiger partial charge in [-0.05, 0) is 46.8 Å². The first-order valence-electron chi connectivity index (χ1n) is 10.8. The lowest BCUT2D eigenvalue weighted by Crippen LogP contribution is -2.34. The molecule has 1 aliphatic rings. The molecule has 3 aromatic heterocycles. The van der Waals surface area contributed by atoms with Crippen molar-refractivity contribution in [3.63, 3.8) is 0 Å². The number of nitrogens with two attached hydrogens (primary N) is 1. The molecule has 0 saturated carbocycles. The molecular weight excluding hydrogens is 447 g/mol. The normalized spacial score (nSPS) is 16.5. The summed E-state index contributed by atoms with van der Waals surface area (Å²) in [6.07, 6.45) is 1.92. The lowest BCUT2D eigenvalue weighted by atomic mass is 10.1. The van der Waals surface area contributed by atoms with Crippen LogP contribution in [0.4, 0.5) is 15.2 Å². The number of nitrogen functional groups attached to an aromatic ring is 1. The molecule has 32 heavy (non-hydrogen) atoms. The van der Waals surface area contributed by atoms with Gasteiger partial charge in [-0.3, -0.25) is 4.90 Å². The number of nitrogens with zero attached hydrogens (tertiary/aromatic N) is 7. The maximum Gasteiger partial charge on any atom is 0.186 e. The third kappa shape index (κ3) is 4.19. The molecular formula is C21H25FN8S2. The maximum absolute atomic E-state index is 14.3. The highest BCUT2D eigenvalue weighted by atomic mass is 32.1. The molecule has 1 saturated heterocycles. The van der Waals surface area contributed by atoms with Crippen molar-refractivity contribution in [2.45, 2.75) is 32.4 Å². The highest BCUT2D eigenvalue weighted by molar-refractivity contribution is 7.22. The first-order valence-corrected chi connectivity index (χ1v) is 12.4. The molecule has 1 fully saturated rings. The second-order valence-corrected chi connectivity index (χ2v) is 9.93. The molecule has 1 aromatic carbocycles. The Morgan fingerprint density at radius 3 is 2.94 bits per heavy atom. The van der Waals surface area contributed by atoms with Crippen LogP contribution in [0.5, 0.6) is 0 Å². The number of aromatic nitrogens is 5. The lowest BCUT2D eigenvalue weighted by Gasteiger charge is -2.28. The molecule has 1 unspecified atom stereocenters. The second kappa shape index (κ2) is 9.08. The van der Waals surface area contributed by atoms with Gasteiger partial charge in [-0.1, -0.05) is 24.3 Å². The molecule has 0 bridgehead atoms. The van der Waals surface area contributed by atoms with Crippen LogP contribution >= 0.6 is 22.7 Å². The lowest BCUT2D eigenvalue weighted by molar-refractivity contribution is 0.192. The Labute approximate surface area is 193 Å². The second-order valence-electron chi connectivity index (χ2n) is 7.92. The molecule has 0 amide bonds. The zero-order chi connectivity index (χ0) is 22.1. The fourth-order valence-electron chi connectivity index (χ4n) is 4.29. The SMILES string of the molecule is CCC(c1nnnn1Cc1cccs1)N1CCCN(c2nc3cc(N)cc(F)c3s2)CC1. The number of rotatable bonds is 6. The molecule has 1 aliphatic heterocycles. The number of fused-ring (bicyclic) bond motifs is 1. The largest absolute Gasteiger partial charge is 0.399 e. The third-order valence-electron chi connectivity index (χ3n) is 5.83. The van der Waals surface area contributed by atoms with Crippen LogP contribution in [0.15, 0.2) is 29.6 Å². The minimum atomic E-state index is -0.302. The number of halogens is 1. The van der Waals surface area contributed by atoms with E-state index in [2.05, 4.69) is 48.7 Å². The van der Waals surface area contributed by atoms with Gasteiger partial charge in [0, 0.05) is 36.7 Å². The van der Waals surface area contributed by atoms with Crippen LogP contribution in [-0.2, 0) is 6.54 Å². The van der Waals surface area contributed by atoms with Crippen molar-refractivity contribution in [1.82, 2.24) is 30.1 Å². The van der Waals surface area contributed by atoms with E-state index >= 15 is 0 Å². The average Bonchev–Trinajstić information content (AvgIpc) is 3.50. The molecule has 0 spiro atoms. The number of thiophene rings is 1. The van der Waals surface area contributed by atoms with Crippen LogP contribution in [0, 0.1) is 5.82 Å². The van der Waals surface area contributed by atoms with Crippen molar-refractivity contribution in [3.8, 4) is 0 Å². The third-order valence-corrected chi connectivity index (χ3v) is 7.83. The van der Waals surface area contributed by atoms with Crippen LogP contribution in [0.3, 0.4) is 0 Å². The van der Waals surface area contributed by atoms with Gasteiger partial charge >= 0.3 is 0 Å². The molecule has 0 radical (unpaired) electrons. The summed E-state index contributed by atoms with van der Waals surface area (Å²) in [4.78, 5) is 10.6. The van der Waals surface area contributed by atoms with Crippen LogP contribution < -0.4 is 10.6 Å². The van der Waals surface area contributed by atoms with E-state index in [0.717, 1.165) is 50.0 Å². The molecule has 168 valence electrons. The summed E-state index contributed by atoms with van der Waals surface area (Å²) in [7, 11) is 0. The number of anilines is 2. The Bertz CT molecular complexity index is 1190. The van der Waals surface area contributed by atoms with Gasteiger partial charge in [0.25, 0.3) is 0 Å². The number of hydrogen-bond donors (Lipinski definition) is 1. The van der Waals surface area contributed by atoms with E-state index in [1.54, 1.807) is 17.4 Å².